The summed E-state index contributed by atoms with van der Waals surface area (Å²) in [5.41, 5.74) is 1.71. The van der Waals surface area contributed by atoms with Gasteiger partial charge in [0.25, 0.3) is 0 Å². The summed E-state index contributed by atoms with van der Waals surface area (Å²) in [4.78, 5) is 16.4. The van der Waals surface area contributed by atoms with E-state index in [1.165, 1.54) is 37.5 Å². The molecule has 1 heterocycles. The molecule has 0 aliphatic carbocycles. The van der Waals surface area contributed by atoms with Crippen molar-refractivity contribution in [2.45, 2.75) is 30.8 Å². The number of aromatic nitrogens is 3. The first kappa shape index (κ1) is 21.0. The lowest BCUT2D eigenvalue weighted by Crippen LogP contribution is -2.45. The predicted molar refractivity (Wildman–Crippen MR) is 109 cm³/mol. The Morgan fingerprint density at radius 2 is 1.72 bits per heavy atom. The number of amides is 1. The molecular weight excluding hydrogens is 414 g/mol. The lowest BCUT2D eigenvalue weighted by molar-refractivity contribution is -0.123. The summed E-state index contributed by atoms with van der Waals surface area (Å²) in [5.74, 6) is -0.435. The Kier molecular flexibility index (Phi) is 6.31. The molecule has 10 heteroatoms. The molecule has 152 valence electrons. The summed E-state index contributed by atoms with van der Waals surface area (Å²) >= 11 is 5.78. The maximum absolute atomic E-state index is 12.5. The lowest BCUT2D eigenvalue weighted by atomic mass is 10.1. The zero-order valence-corrected chi connectivity index (χ0v) is 17.4. The third-order valence-corrected chi connectivity index (χ3v) is 6.09. The van der Waals surface area contributed by atoms with Crippen molar-refractivity contribution in [1.82, 2.24) is 24.8 Å². The highest BCUT2D eigenvalue weighted by Crippen LogP contribution is 2.16. The van der Waals surface area contributed by atoms with Gasteiger partial charge in [-0.2, -0.15) is 9.82 Å². The van der Waals surface area contributed by atoms with Crippen molar-refractivity contribution in [2.75, 3.05) is 0 Å². The minimum atomic E-state index is -3.84. The van der Waals surface area contributed by atoms with Gasteiger partial charge in [-0.3, -0.25) is 4.79 Å². The van der Waals surface area contributed by atoms with Crippen LogP contribution in [0, 0.1) is 0 Å². The number of halogens is 1. The number of carbonyl (C=O) groups is 1. The topological polar surface area (TPSA) is 106 Å². The standard InChI is InChI=1S/C19H20ClN5O3S/c1-13(15-3-7-17(8-4-15)25-12-21-11-22-25)23-19(26)14(2)24-29(27,28)18-9-5-16(20)6-10-18/h3-14,24H,1-2H3,(H,23,26)/t13?,14-/m0/s1. The normalized spacial score (nSPS) is 13.6. The van der Waals surface area contributed by atoms with E-state index in [0.717, 1.165) is 11.3 Å². The van der Waals surface area contributed by atoms with Gasteiger partial charge < -0.3 is 5.32 Å². The number of hydrogen-bond acceptors (Lipinski definition) is 5. The molecule has 8 nitrogen and oxygen atoms in total. The van der Waals surface area contributed by atoms with Crippen molar-refractivity contribution in [3.05, 3.63) is 71.8 Å². The Morgan fingerprint density at radius 3 is 2.31 bits per heavy atom. The second-order valence-electron chi connectivity index (χ2n) is 6.46. The third-order valence-electron chi connectivity index (χ3n) is 4.28. The number of rotatable bonds is 7. The highest BCUT2D eigenvalue weighted by molar-refractivity contribution is 7.89. The quantitative estimate of drug-likeness (QED) is 0.595. The molecule has 2 N–H and O–H groups in total. The molecule has 1 unspecified atom stereocenters. The van der Waals surface area contributed by atoms with E-state index in [1.807, 2.05) is 31.2 Å². The lowest BCUT2D eigenvalue weighted by Gasteiger charge is -2.19. The van der Waals surface area contributed by atoms with Gasteiger partial charge in [0.2, 0.25) is 15.9 Å². The van der Waals surface area contributed by atoms with Crippen molar-refractivity contribution in [2.24, 2.45) is 0 Å². The minimum absolute atomic E-state index is 0.0401. The number of hydrogen-bond donors (Lipinski definition) is 2. The maximum Gasteiger partial charge on any atom is 0.241 e. The Morgan fingerprint density at radius 1 is 1.07 bits per heavy atom. The van der Waals surface area contributed by atoms with Crippen LogP contribution in [-0.4, -0.2) is 35.1 Å². The molecule has 0 spiro atoms. The van der Waals surface area contributed by atoms with Gasteiger partial charge in [0, 0.05) is 5.02 Å². The molecule has 1 amide bonds. The molecule has 0 fully saturated rings. The van der Waals surface area contributed by atoms with Crippen molar-refractivity contribution < 1.29 is 13.2 Å². The van der Waals surface area contributed by atoms with Crippen LogP contribution in [0.25, 0.3) is 5.69 Å². The van der Waals surface area contributed by atoms with E-state index in [2.05, 4.69) is 20.1 Å². The zero-order valence-electron chi connectivity index (χ0n) is 15.8. The van der Waals surface area contributed by atoms with Crippen LogP contribution >= 0.6 is 11.6 Å². The predicted octanol–water partition coefficient (Wildman–Crippen LogP) is 2.46. The molecule has 1 aromatic heterocycles. The van der Waals surface area contributed by atoms with Crippen LogP contribution in [0.2, 0.25) is 5.02 Å². The molecule has 2 aromatic carbocycles. The fraction of sp³-hybridized carbons (Fsp3) is 0.211. The SMILES string of the molecule is CC(NC(=O)[C@H](C)NS(=O)(=O)c1ccc(Cl)cc1)c1ccc(-n2cncn2)cc1. The first-order valence-electron chi connectivity index (χ1n) is 8.79. The molecule has 0 saturated carbocycles. The Labute approximate surface area is 174 Å². The Hall–Kier alpha value is -2.75. The molecule has 3 rings (SSSR count). The van der Waals surface area contributed by atoms with E-state index >= 15 is 0 Å². The molecule has 0 bridgehead atoms. The second-order valence-corrected chi connectivity index (χ2v) is 8.61. The van der Waals surface area contributed by atoms with Gasteiger partial charge in [0.05, 0.1) is 22.7 Å². The summed E-state index contributed by atoms with van der Waals surface area (Å²) in [7, 11) is -3.84. The van der Waals surface area contributed by atoms with E-state index < -0.39 is 22.0 Å². The van der Waals surface area contributed by atoms with Crippen LogP contribution in [0.4, 0.5) is 0 Å². The average Bonchev–Trinajstić information content (AvgIpc) is 3.23. The summed E-state index contributed by atoms with van der Waals surface area (Å²) in [6.45, 7) is 3.31. The number of nitrogens with one attached hydrogen (secondary N) is 2. The molecule has 2 atom stereocenters. The summed E-state index contributed by atoms with van der Waals surface area (Å²) in [5, 5.41) is 7.30. The Balaban J connectivity index is 1.62. The van der Waals surface area contributed by atoms with Crippen molar-refractivity contribution >= 4 is 27.5 Å². The number of benzene rings is 2. The number of carbonyl (C=O) groups excluding carboxylic acids is 1. The summed E-state index contributed by atoms with van der Waals surface area (Å²) in [6.07, 6.45) is 3.04. The highest BCUT2D eigenvalue weighted by atomic mass is 35.5. The van der Waals surface area contributed by atoms with Crippen molar-refractivity contribution in [3.63, 3.8) is 0 Å². The van der Waals surface area contributed by atoms with Crippen molar-refractivity contribution in [3.8, 4) is 5.69 Å². The molecule has 29 heavy (non-hydrogen) atoms. The maximum atomic E-state index is 12.5. The molecule has 0 radical (unpaired) electrons. The van der Waals surface area contributed by atoms with Gasteiger partial charge in [-0.15, -0.1) is 0 Å². The van der Waals surface area contributed by atoms with Gasteiger partial charge in [0.15, 0.2) is 0 Å². The van der Waals surface area contributed by atoms with E-state index in [-0.39, 0.29) is 10.9 Å². The van der Waals surface area contributed by atoms with E-state index in [9.17, 15) is 13.2 Å². The molecule has 0 saturated heterocycles. The van der Waals surface area contributed by atoms with Gasteiger partial charge in [0.1, 0.15) is 12.7 Å². The fourth-order valence-electron chi connectivity index (χ4n) is 2.65. The monoisotopic (exact) mass is 433 g/mol. The van der Waals surface area contributed by atoms with Crippen LogP contribution in [0.15, 0.2) is 66.1 Å². The van der Waals surface area contributed by atoms with Crippen LogP contribution in [0.1, 0.15) is 25.5 Å². The summed E-state index contributed by atoms with van der Waals surface area (Å²) < 4.78 is 28.8. The van der Waals surface area contributed by atoms with Gasteiger partial charge in [-0.05, 0) is 55.8 Å². The molecular formula is C19H20ClN5O3S. The first-order chi connectivity index (χ1) is 13.8. The first-order valence-corrected chi connectivity index (χ1v) is 10.7. The van der Waals surface area contributed by atoms with Crippen LogP contribution in [0.5, 0.6) is 0 Å². The summed E-state index contributed by atoms with van der Waals surface area (Å²) in [6, 6.07) is 11.9. The van der Waals surface area contributed by atoms with E-state index in [4.69, 9.17) is 11.6 Å². The van der Waals surface area contributed by atoms with E-state index in [0.29, 0.717) is 5.02 Å². The Bertz CT molecular complexity index is 1070. The second kappa shape index (κ2) is 8.73. The largest absolute Gasteiger partial charge is 0.348 e. The average molecular weight is 434 g/mol. The van der Waals surface area contributed by atoms with Crippen LogP contribution in [-0.2, 0) is 14.8 Å². The smallest absolute Gasteiger partial charge is 0.241 e. The van der Waals surface area contributed by atoms with Crippen LogP contribution < -0.4 is 10.0 Å². The molecule has 3 aromatic rings. The van der Waals surface area contributed by atoms with Gasteiger partial charge in [-0.1, -0.05) is 23.7 Å². The zero-order chi connectivity index (χ0) is 21.0. The van der Waals surface area contributed by atoms with Gasteiger partial charge in [-0.25, -0.2) is 18.1 Å². The fourth-order valence-corrected chi connectivity index (χ4v) is 3.98. The number of nitrogens with zero attached hydrogens (tertiary/aromatic N) is 3. The van der Waals surface area contributed by atoms with E-state index in [1.54, 1.807) is 11.0 Å². The van der Waals surface area contributed by atoms with Crippen molar-refractivity contribution in [1.29, 1.82) is 0 Å². The minimum Gasteiger partial charge on any atom is -0.348 e. The van der Waals surface area contributed by atoms with Gasteiger partial charge >= 0.3 is 0 Å². The molecule has 0 aliphatic rings. The molecule has 0 aliphatic heterocycles. The highest BCUT2D eigenvalue weighted by Gasteiger charge is 2.23. The van der Waals surface area contributed by atoms with Crippen LogP contribution in [0.3, 0.4) is 0 Å². The number of sulfonamides is 1. The third kappa shape index (κ3) is 5.20.